The zero-order valence-electron chi connectivity index (χ0n) is 9.39. The molecule has 1 aliphatic carbocycles. The summed E-state index contributed by atoms with van der Waals surface area (Å²) in [5, 5.41) is 3.86. The van der Waals surface area contributed by atoms with E-state index in [1.807, 2.05) is 6.20 Å². The van der Waals surface area contributed by atoms with Crippen molar-refractivity contribution in [2.45, 2.75) is 39.2 Å². The van der Waals surface area contributed by atoms with Crippen molar-refractivity contribution in [2.24, 2.45) is 23.5 Å². The normalized spacial score (nSPS) is 33.9. The van der Waals surface area contributed by atoms with Crippen LogP contribution in [0, 0.1) is 17.8 Å². The highest BCUT2D eigenvalue weighted by molar-refractivity contribution is 7.05. The third-order valence-electron chi connectivity index (χ3n) is 3.85. The number of rotatable bonds is 2. The summed E-state index contributed by atoms with van der Waals surface area (Å²) in [6.07, 6.45) is 5.63. The Morgan fingerprint density at radius 1 is 1.40 bits per heavy atom. The second kappa shape index (κ2) is 4.58. The highest BCUT2D eigenvalue weighted by Gasteiger charge is 2.29. The maximum Gasteiger partial charge on any atom is 0.0669 e. The molecule has 1 aromatic rings. The molecule has 2 rings (SSSR count). The Bertz CT molecular complexity index is 299. The Balaban J connectivity index is 2.00. The van der Waals surface area contributed by atoms with Gasteiger partial charge in [-0.15, -0.1) is 5.10 Å². The smallest absolute Gasteiger partial charge is 0.0669 e. The molecule has 1 heterocycles. The fourth-order valence-electron chi connectivity index (χ4n) is 2.47. The standard InChI is InChI=1S/C11H19N3S/c1-7-3-4-9(5-8(7)2)11(12)10-6-13-14-15-10/h6-9,11H,3-5,12H2,1-2H3. The van der Waals surface area contributed by atoms with Crippen molar-refractivity contribution in [1.82, 2.24) is 9.59 Å². The minimum atomic E-state index is 0.153. The first-order chi connectivity index (χ1) is 7.18. The molecule has 0 bridgehead atoms. The van der Waals surface area contributed by atoms with E-state index < -0.39 is 0 Å². The van der Waals surface area contributed by atoms with Crippen LogP contribution in [0.5, 0.6) is 0 Å². The minimum absolute atomic E-state index is 0.153. The van der Waals surface area contributed by atoms with Crippen molar-refractivity contribution >= 4 is 11.5 Å². The van der Waals surface area contributed by atoms with E-state index in [4.69, 9.17) is 5.73 Å². The minimum Gasteiger partial charge on any atom is -0.323 e. The second-order valence-corrected chi connectivity index (χ2v) is 5.69. The Morgan fingerprint density at radius 3 is 2.80 bits per heavy atom. The van der Waals surface area contributed by atoms with Gasteiger partial charge in [-0.1, -0.05) is 24.8 Å². The maximum atomic E-state index is 6.25. The van der Waals surface area contributed by atoms with Crippen LogP contribution in [0.25, 0.3) is 0 Å². The summed E-state index contributed by atoms with van der Waals surface area (Å²) in [5.41, 5.74) is 6.25. The van der Waals surface area contributed by atoms with Gasteiger partial charge >= 0.3 is 0 Å². The average Bonchev–Trinajstić information content (AvgIpc) is 2.74. The van der Waals surface area contributed by atoms with Crippen molar-refractivity contribution in [3.63, 3.8) is 0 Å². The van der Waals surface area contributed by atoms with Gasteiger partial charge in [0.15, 0.2) is 0 Å². The first-order valence-corrected chi connectivity index (χ1v) is 6.48. The molecule has 4 heteroatoms. The largest absolute Gasteiger partial charge is 0.323 e. The van der Waals surface area contributed by atoms with Gasteiger partial charge in [0, 0.05) is 6.04 Å². The van der Waals surface area contributed by atoms with Gasteiger partial charge < -0.3 is 5.73 Å². The van der Waals surface area contributed by atoms with Crippen LogP contribution in [0.3, 0.4) is 0 Å². The fraction of sp³-hybridized carbons (Fsp3) is 0.818. The van der Waals surface area contributed by atoms with Crippen LogP contribution in [0.2, 0.25) is 0 Å². The quantitative estimate of drug-likeness (QED) is 0.841. The van der Waals surface area contributed by atoms with E-state index in [2.05, 4.69) is 23.4 Å². The van der Waals surface area contributed by atoms with Crippen molar-refractivity contribution in [2.75, 3.05) is 0 Å². The topological polar surface area (TPSA) is 51.8 Å². The van der Waals surface area contributed by atoms with Gasteiger partial charge in [-0.05, 0) is 42.1 Å². The Morgan fingerprint density at radius 2 is 2.20 bits per heavy atom. The SMILES string of the molecule is CC1CCC(C(N)c2cnns2)CC1C. The second-order valence-electron chi connectivity index (χ2n) is 4.87. The van der Waals surface area contributed by atoms with Gasteiger partial charge in [0.1, 0.15) is 0 Å². The molecular weight excluding hydrogens is 206 g/mol. The number of nitrogens with zero attached hydrogens (tertiary/aromatic N) is 2. The van der Waals surface area contributed by atoms with Crippen LogP contribution < -0.4 is 5.73 Å². The van der Waals surface area contributed by atoms with Crippen molar-refractivity contribution in [3.05, 3.63) is 11.1 Å². The summed E-state index contributed by atoms with van der Waals surface area (Å²) in [6, 6.07) is 0.153. The van der Waals surface area contributed by atoms with E-state index in [0.29, 0.717) is 5.92 Å². The molecular formula is C11H19N3S. The Kier molecular flexibility index (Phi) is 3.36. The monoisotopic (exact) mass is 225 g/mol. The summed E-state index contributed by atoms with van der Waals surface area (Å²) < 4.78 is 3.88. The van der Waals surface area contributed by atoms with Gasteiger partial charge in [-0.25, -0.2) is 0 Å². The van der Waals surface area contributed by atoms with Crippen LogP contribution in [0.15, 0.2) is 6.20 Å². The molecule has 4 unspecified atom stereocenters. The highest BCUT2D eigenvalue weighted by atomic mass is 32.1. The molecule has 0 spiro atoms. The van der Waals surface area contributed by atoms with Gasteiger partial charge in [0.25, 0.3) is 0 Å². The molecule has 1 aliphatic rings. The predicted molar refractivity (Wildman–Crippen MR) is 62.5 cm³/mol. The van der Waals surface area contributed by atoms with Crippen molar-refractivity contribution in [3.8, 4) is 0 Å². The molecule has 0 radical (unpaired) electrons. The first-order valence-electron chi connectivity index (χ1n) is 5.71. The van der Waals surface area contributed by atoms with E-state index in [1.165, 1.54) is 30.8 Å². The summed E-state index contributed by atoms with van der Waals surface area (Å²) in [5.74, 6) is 2.28. The molecule has 0 amide bonds. The zero-order valence-corrected chi connectivity index (χ0v) is 10.2. The summed E-state index contributed by atoms with van der Waals surface area (Å²) >= 11 is 1.44. The van der Waals surface area contributed by atoms with Crippen LogP contribution in [0.4, 0.5) is 0 Å². The van der Waals surface area contributed by atoms with Crippen molar-refractivity contribution < 1.29 is 0 Å². The summed E-state index contributed by atoms with van der Waals surface area (Å²) in [4.78, 5) is 1.14. The zero-order chi connectivity index (χ0) is 10.8. The lowest BCUT2D eigenvalue weighted by atomic mass is 9.73. The summed E-state index contributed by atoms with van der Waals surface area (Å²) in [7, 11) is 0. The lowest BCUT2D eigenvalue weighted by Crippen LogP contribution is -2.28. The molecule has 1 saturated carbocycles. The number of nitrogens with two attached hydrogens (primary N) is 1. The molecule has 15 heavy (non-hydrogen) atoms. The molecule has 84 valence electrons. The van der Waals surface area contributed by atoms with E-state index in [-0.39, 0.29) is 6.04 Å². The van der Waals surface area contributed by atoms with E-state index in [0.717, 1.165) is 16.7 Å². The molecule has 3 nitrogen and oxygen atoms in total. The predicted octanol–water partition coefficient (Wildman–Crippen LogP) is 2.61. The number of hydrogen-bond acceptors (Lipinski definition) is 4. The molecule has 0 aliphatic heterocycles. The van der Waals surface area contributed by atoms with Crippen LogP contribution in [-0.2, 0) is 0 Å². The molecule has 1 aromatic heterocycles. The average molecular weight is 225 g/mol. The number of aromatic nitrogens is 2. The Labute approximate surface area is 95.2 Å². The number of hydrogen-bond donors (Lipinski definition) is 1. The van der Waals surface area contributed by atoms with Gasteiger partial charge in [-0.3, -0.25) is 0 Å². The van der Waals surface area contributed by atoms with Crippen LogP contribution in [-0.4, -0.2) is 9.59 Å². The van der Waals surface area contributed by atoms with Gasteiger partial charge in [-0.2, -0.15) is 0 Å². The lowest BCUT2D eigenvalue weighted by Gasteiger charge is -2.34. The molecule has 4 atom stereocenters. The third-order valence-corrected chi connectivity index (χ3v) is 4.62. The Hall–Kier alpha value is -0.480. The molecule has 0 aromatic carbocycles. The highest BCUT2D eigenvalue weighted by Crippen LogP contribution is 2.39. The molecule has 0 saturated heterocycles. The van der Waals surface area contributed by atoms with Gasteiger partial charge in [0.2, 0.25) is 0 Å². The summed E-state index contributed by atoms with van der Waals surface area (Å²) in [6.45, 7) is 4.69. The van der Waals surface area contributed by atoms with Crippen molar-refractivity contribution in [1.29, 1.82) is 0 Å². The lowest BCUT2D eigenvalue weighted by molar-refractivity contribution is 0.187. The first kappa shape index (κ1) is 11.0. The van der Waals surface area contributed by atoms with E-state index in [1.54, 1.807) is 0 Å². The van der Waals surface area contributed by atoms with Gasteiger partial charge in [0.05, 0.1) is 11.1 Å². The third kappa shape index (κ3) is 2.37. The van der Waals surface area contributed by atoms with Crippen LogP contribution >= 0.6 is 11.5 Å². The molecule has 2 N–H and O–H groups in total. The van der Waals surface area contributed by atoms with E-state index in [9.17, 15) is 0 Å². The van der Waals surface area contributed by atoms with E-state index >= 15 is 0 Å². The maximum absolute atomic E-state index is 6.25. The fourth-order valence-corrected chi connectivity index (χ4v) is 3.07. The van der Waals surface area contributed by atoms with Crippen LogP contribution in [0.1, 0.15) is 44.0 Å². The molecule has 1 fully saturated rings.